The molecule has 7 heteroatoms. The topological polar surface area (TPSA) is 58.8 Å². The number of nitrogens with zero attached hydrogens (tertiary/aromatic N) is 3. The third-order valence-electron chi connectivity index (χ3n) is 6.68. The Morgan fingerprint density at radius 3 is 2.74 bits per heavy atom. The minimum absolute atomic E-state index is 0.129. The maximum absolute atomic E-state index is 13.4. The summed E-state index contributed by atoms with van der Waals surface area (Å²) < 4.78 is 11.7. The van der Waals surface area contributed by atoms with Crippen molar-refractivity contribution in [1.29, 1.82) is 0 Å². The first-order valence-electron chi connectivity index (χ1n) is 12.1. The monoisotopic (exact) mass is 495 g/mol. The third-order valence-corrected chi connectivity index (χ3v) is 7.11. The Morgan fingerprint density at radius 2 is 2.03 bits per heavy atom. The summed E-state index contributed by atoms with van der Waals surface area (Å²) in [5, 5.41) is 0.719. The number of ether oxygens (including phenoxy) is 1. The van der Waals surface area contributed by atoms with Crippen molar-refractivity contribution in [3.8, 4) is 5.75 Å². The van der Waals surface area contributed by atoms with E-state index in [1.165, 1.54) is 0 Å². The number of oxazole rings is 1. The molecule has 3 aromatic rings. The van der Waals surface area contributed by atoms with Crippen molar-refractivity contribution >= 4 is 17.5 Å². The quantitative estimate of drug-likeness (QED) is 0.383. The summed E-state index contributed by atoms with van der Waals surface area (Å²) in [6, 6.07) is 15.8. The molecular formula is C28H34ClN3O3. The maximum Gasteiger partial charge on any atom is 0.223 e. The number of carbonyl (C=O) groups excluding carboxylic acids is 1. The Labute approximate surface area is 212 Å². The number of hydrogen-bond acceptors (Lipinski definition) is 5. The highest BCUT2D eigenvalue weighted by Crippen LogP contribution is 2.36. The van der Waals surface area contributed by atoms with Crippen molar-refractivity contribution in [2.45, 2.75) is 46.2 Å². The van der Waals surface area contributed by atoms with Crippen LogP contribution >= 0.6 is 11.6 Å². The number of halogens is 1. The zero-order valence-electron chi connectivity index (χ0n) is 20.8. The summed E-state index contributed by atoms with van der Waals surface area (Å²) in [4.78, 5) is 22.1. The lowest BCUT2D eigenvalue weighted by atomic mass is 9.77. The molecule has 1 aliphatic heterocycles. The Bertz CT molecular complexity index is 1130. The van der Waals surface area contributed by atoms with Gasteiger partial charge in [0, 0.05) is 50.5 Å². The molecule has 1 aliphatic rings. The molecule has 1 fully saturated rings. The summed E-state index contributed by atoms with van der Waals surface area (Å²) in [6.45, 7) is 7.30. The molecule has 0 aliphatic carbocycles. The van der Waals surface area contributed by atoms with Gasteiger partial charge < -0.3 is 14.1 Å². The van der Waals surface area contributed by atoms with Gasteiger partial charge in [0.05, 0.1) is 12.3 Å². The van der Waals surface area contributed by atoms with E-state index in [0.717, 1.165) is 53.5 Å². The lowest BCUT2D eigenvalue weighted by molar-refractivity contribution is -0.135. The molecule has 0 N–H and O–H groups in total. The van der Waals surface area contributed by atoms with Gasteiger partial charge in [0.15, 0.2) is 5.89 Å². The molecule has 0 saturated carbocycles. The van der Waals surface area contributed by atoms with Gasteiger partial charge in [0.2, 0.25) is 5.91 Å². The second-order valence-electron chi connectivity index (χ2n) is 9.78. The van der Waals surface area contributed by atoms with E-state index in [2.05, 4.69) is 9.88 Å². The molecule has 2 aromatic carbocycles. The third kappa shape index (κ3) is 6.86. The number of piperidine rings is 1. The predicted octanol–water partition coefficient (Wildman–Crippen LogP) is 5.65. The molecule has 2 heterocycles. The SMILES string of the molecule is Cc1nc(CN2CCC[C@@](COc3ccc(Cl)c(C)c3)(CC(=O)N(C)Cc3ccccc3)C2)co1. The number of aromatic nitrogens is 1. The average Bonchev–Trinajstić information content (AvgIpc) is 3.25. The fourth-order valence-corrected chi connectivity index (χ4v) is 4.93. The van der Waals surface area contributed by atoms with Crippen LogP contribution in [0.4, 0.5) is 0 Å². The van der Waals surface area contributed by atoms with Gasteiger partial charge in [0.25, 0.3) is 0 Å². The number of benzene rings is 2. The summed E-state index contributed by atoms with van der Waals surface area (Å²) in [5.41, 5.74) is 2.72. The van der Waals surface area contributed by atoms with E-state index < -0.39 is 0 Å². The second kappa shape index (κ2) is 11.3. The van der Waals surface area contributed by atoms with E-state index in [1.807, 2.05) is 74.3 Å². The summed E-state index contributed by atoms with van der Waals surface area (Å²) in [5.74, 6) is 1.58. The summed E-state index contributed by atoms with van der Waals surface area (Å²) in [6.07, 6.45) is 4.07. The van der Waals surface area contributed by atoms with E-state index in [-0.39, 0.29) is 11.3 Å². The van der Waals surface area contributed by atoms with Gasteiger partial charge in [-0.2, -0.15) is 0 Å². The van der Waals surface area contributed by atoms with Crippen LogP contribution in [0.25, 0.3) is 0 Å². The normalized spacial score (nSPS) is 18.4. The van der Waals surface area contributed by atoms with Gasteiger partial charge in [-0.25, -0.2) is 4.98 Å². The van der Waals surface area contributed by atoms with Gasteiger partial charge >= 0.3 is 0 Å². The molecule has 4 rings (SSSR count). The molecule has 1 saturated heterocycles. The van der Waals surface area contributed by atoms with E-state index in [1.54, 1.807) is 6.26 Å². The van der Waals surface area contributed by atoms with Gasteiger partial charge in [-0.1, -0.05) is 41.9 Å². The molecule has 0 spiro atoms. The molecule has 1 aromatic heterocycles. The van der Waals surface area contributed by atoms with Gasteiger partial charge in [0.1, 0.15) is 12.0 Å². The lowest BCUT2D eigenvalue weighted by Crippen LogP contribution is -2.48. The molecule has 186 valence electrons. The van der Waals surface area contributed by atoms with Gasteiger partial charge in [-0.05, 0) is 55.6 Å². The van der Waals surface area contributed by atoms with E-state index in [0.29, 0.717) is 32.0 Å². The highest BCUT2D eigenvalue weighted by atomic mass is 35.5. The van der Waals surface area contributed by atoms with Crippen molar-refractivity contribution in [3.05, 3.63) is 82.5 Å². The largest absolute Gasteiger partial charge is 0.493 e. The van der Waals surface area contributed by atoms with Crippen molar-refractivity contribution in [3.63, 3.8) is 0 Å². The number of likely N-dealkylation sites (tertiary alicyclic amines) is 1. The highest BCUT2D eigenvalue weighted by Gasteiger charge is 2.39. The van der Waals surface area contributed by atoms with E-state index in [4.69, 9.17) is 20.8 Å². The van der Waals surface area contributed by atoms with Gasteiger partial charge in [-0.15, -0.1) is 0 Å². The molecular weight excluding hydrogens is 462 g/mol. The van der Waals surface area contributed by atoms with Crippen LogP contribution in [0, 0.1) is 19.3 Å². The molecule has 6 nitrogen and oxygen atoms in total. The maximum atomic E-state index is 13.4. The zero-order chi connectivity index (χ0) is 24.8. The minimum atomic E-state index is -0.299. The number of carbonyl (C=O) groups is 1. The fraction of sp³-hybridized carbons (Fsp3) is 0.429. The van der Waals surface area contributed by atoms with Crippen LogP contribution in [0.2, 0.25) is 5.02 Å². The first kappa shape index (κ1) is 25.3. The summed E-state index contributed by atoms with van der Waals surface area (Å²) >= 11 is 6.20. The van der Waals surface area contributed by atoms with Crippen molar-refractivity contribution in [1.82, 2.24) is 14.8 Å². The molecule has 0 radical (unpaired) electrons. The minimum Gasteiger partial charge on any atom is -0.493 e. The van der Waals surface area contributed by atoms with Crippen LogP contribution in [-0.2, 0) is 17.9 Å². The van der Waals surface area contributed by atoms with Gasteiger partial charge in [-0.3, -0.25) is 9.69 Å². The van der Waals surface area contributed by atoms with Crippen LogP contribution < -0.4 is 4.74 Å². The molecule has 1 atom stereocenters. The number of hydrogen-bond donors (Lipinski definition) is 0. The number of rotatable bonds is 9. The van der Waals surface area contributed by atoms with Crippen LogP contribution in [-0.4, -0.2) is 47.4 Å². The highest BCUT2D eigenvalue weighted by molar-refractivity contribution is 6.31. The standard InChI is InChI=1S/C28H34ClN3O3/c1-21-14-25(10-11-26(21)29)35-20-28(15-27(33)31(3)16-23-8-5-4-6-9-23)12-7-13-32(19-28)17-24-18-34-22(2)30-24/h4-6,8-11,14,18H,7,12-13,15-17,19-20H2,1-3H3/t28-/m1/s1. The van der Waals surface area contributed by atoms with Crippen molar-refractivity contribution in [2.24, 2.45) is 5.41 Å². The average molecular weight is 496 g/mol. The smallest absolute Gasteiger partial charge is 0.223 e. The second-order valence-corrected chi connectivity index (χ2v) is 10.2. The van der Waals surface area contributed by atoms with Crippen molar-refractivity contribution < 1.29 is 13.9 Å². The van der Waals surface area contributed by atoms with E-state index >= 15 is 0 Å². The molecule has 0 bridgehead atoms. The number of amides is 1. The van der Waals surface area contributed by atoms with E-state index in [9.17, 15) is 4.79 Å². The molecule has 0 unspecified atom stereocenters. The fourth-order valence-electron chi connectivity index (χ4n) is 4.81. The van der Waals surface area contributed by atoms with Crippen LogP contribution in [0.5, 0.6) is 5.75 Å². The first-order chi connectivity index (χ1) is 16.8. The van der Waals surface area contributed by atoms with Crippen molar-refractivity contribution in [2.75, 3.05) is 26.7 Å². The Hall–Kier alpha value is -2.83. The van der Waals surface area contributed by atoms with Crippen LogP contribution in [0.15, 0.2) is 59.2 Å². The predicted molar refractivity (Wildman–Crippen MR) is 137 cm³/mol. The number of aryl methyl sites for hydroxylation is 2. The van der Waals surface area contributed by atoms with Crippen LogP contribution in [0.3, 0.4) is 0 Å². The Balaban J connectivity index is 1.49. The summed E-state index contributed by atoms with van der Waals surface area (Å²) in [7, 11) is 1.88. The molecule has 35 heavy (non-hydrogen) atoms. The zero-order valence-corrected chi connectivity index (χ0v) is 21.6. The van der Waals surface area contributed by atoms with Crippen LogP contribution in [0.1, 0.15) is 42.0 Å². The lowest BCUT2D eigenvalue weighted by Gasteiger charge is -2.42. The first-order valence-corrected chi connectivity index (χ1v) is 12.5. The Kier molecular flexibility index (Phi) is 8.14. The Morgan fingerprint density at radius 1 is 1.23 bits per heavy atom. The molecule has 1 amide bonds.